The summed E-state index contributed by atoms with van der Waals surface area (Å²) in [4.78, 5) is 22.5. The molecule has 0 spiro atoms. The van der Waals surface area contributed by atoms with Gasteiger partial charge >= 0.3 is 0 Å². The topological polar surface area (TPSA) is 51.1 Å². The monoisotopic (exact) mass is 208 g/mol. The molecule has 2 rings (SSSR count). The van der Waals surface area contributed by atoms with Crippen LogP contribution < -0.4 is 5.32 Å². The van der Waals surface area contributed by atoms with Gasteiger partial charge in [-0.1, -0.05) is 0 Å². The van der Waals surface area contributed by atoms with E-state index in [-0.39, 0.29) is 11.1 Å². The van der Waals surface area contributed by atoms with Crippen LogP contribution in [0.25, 0.3) is 6.08 Å². The van der Waals surface area contributed by atoms with E-state index < -0.39 is 0 Å². The molecule has 0 atom stereocenters. The Balaban J connectivity index is 2.32. The highest BCUT2D eigenvalue weighted by Gasteiger charge is 2.25. The van der Waals surface area contributed by atoms with Crippen LogP contribution in [-0.2, 0) is 11.8 Å². The number of nitrogens with zero attached hydrogens (tertiary/aromatic N) is 1. The predicted molar refractivity (Wildman–Crippen MR) is 54.5 cm³/mol. The summed E-state index contributed by atoms with van der Waals surface area (Å²) < 4.78 is 1.88. The molecule has 0 saturated carbocycles. The largest absolute Gasteiger partial charge is 0.351 e. The van der Waals surface area contributed by atoms with Gasteiger partial charge in [-0.2, -0.15) is 0 Å². The van der Waals surface area contributed by atoms with Gasteiger partial charge in [0.15, 0.2) is 0 Å². The Labute approximate surface area is 85.0 Å². The number of carbonyl (C=O) groups is 2. The smallest absolute Gasteiger partial charge is 0.290 e. The molecule has 0 aliphatic carbocycles. The molecule has 1 fully saturated rings. The normalized spacial score (nSPS) is 19.1. The fourth-order valence-corrected chi connectivity index (χ4v) is 1.85. The third kappa shape index (κ3) is 1.58. The number of hydrogen-bond acceptors (Lipinski definition) is 3. The zero-order chi connectivity index (χ0) is 10.1. The van der Waals surface area contributed by atoms with Gasteiger partial charge in [-0.3, -0.25) is 14.9 Å². The molecule has 0 bridgehead atoms. The number of aryl methyl sites for hydroxylation is 1. The maximum atomic E-state index is 11.2. The number of imide groups is 1. The summed E-state index contributed by atoms with van der Waals surface area (Å²) in [5.74, 6) is -0.318. The molecule has 5 heteroatoms. The Hall–Kier alpha value is -1.49. The van der Waals surface area contributed by atoms with Crippen LogP contribution in [0, 0.1) is 0 Å². The fraction of sp³-hybridized carbons (Fsp3) is 0.111. The van der Waals surface area contributed by atoms with E-state index in [4.69, 9.17) is 0 Å². The Morgan fingerprint density at radius 2 is 2.29 bits per heavy atom. The predicted octanol–water partition coefficient (Wildman–Crippen LogP) is 1.35. The van der Waals surface area contributed by atoms with Crippen molar-refractivity contribution in [3.05, 3.63) is 28.9 Å². The van der Waals surface area contributed by atoms with E-state index in [0.717, 1.165) is 17.5 Å². The van der Waals surface area contributed by atoms with Gasteiger partial charge in [-0.05, 0) is 30.0 Å². The third-order valence-corrected chi connectivity index (χ3v) is 2.72. The lowest BCUT2D eigenvalue weighted by Crippen LogP contribution is -2.17. The molecular formula is C9H8N2O2S. The van der Waals surface area contributed by atoms with Crippen LogP contribution in [0.15, 0.2) is 23.2 Å². The standard InChI is InChI=1S/C9H8N2O2S/c1-11-4-2-3-6(11)5-7-8(12)10-9(13)14-7/h2-5H,1H3,(H,10,12,13)/b7-5-. The maximum Gasteiger partial charge on any atom is 0.290 e. The van der Waals surface area contributed by atoms with E-state index in [1.54, 1.807) is 6.08 Å². The highest BCUT2D eigenvalue weighted by Crippen LogP contribution is 2.25. The zero-order valence-corrected chi connectivity index (χ0v) is 8.30. The Bertz CT molecular complexity index is 434. The molecule has 2 heterocycles. The minimum Gasteiger partial charge on any atom is -0.351 e. The van der Waals surface area contributed by atoms with Gasteiger partial charge in [0.05, 0.1) is 4.91 Å². The molecule has 0 radical (unpaired) electrons. The Morgan fingerprint density at radius 3 is 2.79 bits per heavy atom. The molecule has 1 aliphatic rings. The van der Waals surface area contributed by atoms with Crippen molar-refractivity contribution < 1.29 is 9.59 Å². The summed E-state index contributed by atoms with van der Waals surface area (Å²) >= 11 is 0.929. The van der Waals surface area contributed by atoms with Crippen LogP contribution in [0.4, 0.5) is 4.79 Å². The van der Waals surface area contributed by atoms with Crippen LogP contribution in [0.5, 0.6) is 0 Å². The van der Waals surface area contributed by atoms with E-state index in [9.17, 15) is 9.59 Å². The van der Waals surface area contributed by atoms with Crippen molar-refractivity contribution in [2.45, 2.75) is 0 Å². The number of aromatic nitrogens is 1. The van der Waals surface area contributed by atoms with E-state index >= 15 is 0 Å². The second-order valence-corrected chi connectivity index (χ2v) is 3.91. The molecule has 2 amide bonds. The average molecular weight is 208 g/mol. The maximum absolute atomic E-state index is 11.2. The lowest BCUT2D eigenvalue weighted by atomic mass is 10.3. The Kier molecular flexibility index (Phi) is 2.17. The molecule has 1 aromatic rings. The quantitative estimate of drug-likeness (QED) is 0.709. The molecule has 0 unspecified atom stereocenters. The van der Waals surface area contributed by atoms with Crippen LogP contribution >= 0.6 is 11.8 Å². The van der Waals surface area contributed by atoms with Crippen molar-refractivity contribution in [2.24, 2.45) is 7.05 Å². The van der Waals surface area contributed by atoms with E-state index in [1.807, 2.05) is 29.9 Å². The number of nitrogens with one attached hydrogen (secondary N) is 1. The van der Waals surface area contributed by atoms with E-state index in [1.165, 1.54) is 0 Å². The summed E-state index contributed by atoms with van der Waals surface area (Å²) in [6.45, 7) is 0. The second-order valence-electron chi connectivity index (χ2n) is 2.90. The van der Waals surface area contributed by atoms with E-state index in [2.05, 4.69) is 5.32 Å². The minimum absolute atomic E-state index is 0.310. The number of thioether (sulfide) groups is 1. The first-order valence-electron chi connectivity index (χ1n) is 4.03. The minimum atomic E-state index is -0.318. The molecular weight excluding hydrogens is 200 g/mol. The number of carbonyl (C=O) groups excluding carboxylic acids is 2. The molecule has 0 aromatic carbocycles. The van der Waals surface area contributed by atoms with Gasteiger partial charge in [0, 0.05) is 18.9 Å². The van der Waals surface area contributed by atoms with Crippen molar-refractivity contribution in [3.63, 3.8) is 0 Å². The first-order valence-corrected chi connectivity index (χ1v) is 4.84. The van der Waals surface area contributed by atoms with Crippen molar-refractivity contribution in [1.82, 2.24) is 9.88 Å². The van der Waals surface area contributed by atoms with Crippen molar-refractivity contribution >= 4 is 29.0 Å². The molecule has 1 N–H and O–H groups in total. The number of rotatable bonds is 1. The first kappa shape index (κ1) is 9.08. The summed E-state index contributed by atoms with van der Waals surface area (Å²) in [5.41, 5.74) is 0.900. The fourth-order valence-electron chi connectivity index (χ4n) is 1.18. The highest BCUT2D eigenvalue weighted by atomic mass is 32.2. The van der Waals surface area contributed by atoms with Crippen molar-refractivity contribution in [2.75, 3.05) is 0 Å². The first-order chi connectivity index (χ1) is 6.66. The summed E-state index contributed by atoms with van der Waals surface area (Å²) in [6.07, 6.45) is 3.58. The third-order valence-electron chi connectivity index (χ3n) is 1.90. The zero-order valence-electron chi connectivity index (χ0n) is 7.48. The van der Waals surface area contributed by atoms with Gasteiger partial charge in [-0.15, -0.1) is 0 Å². The molecule has 1 aliphatic heterocycles. The highest BCUT2D eigenvalue weighted by molar-refractivity contribution is 8.18. The summed E-state index contributed by atoms with van der Waals surface area (Å²) in [6, 6.07) is 3.76. The lowest BCUT2D eigenvalue weighted by molar-refractivity contribution is -0.115. The van der Waals surface area contributed by atoms with Gasteiger partial charge in [0.25, 0.3) is 11.1 Å². The molecule has 1 aromatic heterocycles. The van der Waals surface area contributed by atoms with Gasteiger partial charge in [0.1, 0.15) is 0 Å². The number of hydrogen-bond donors (Lipinski definition) is 1. The van der Waals surface area contributed by atoms with Crippen LogP contribution in [0.3, 0.4) is 0 Å². The number of amides is 2. The average Bonchev–Trinajstić information content (AvgIpc) is 2.62. The van der Waals surface area contributed by atoms with Crippen molar-refractivity contribution in [1.29, 1.82) is 0 Å². The second kappa shape index (κ2) is 3.34. The van der Waals surface area contributed by atoms with Crippen LogP contribution in [0.2, 0.25) is 0 Å². The summed E-state index contributed by atoms with van der Waals surface area (Å²) in [5, 5.41) is 1.90. The van der Waals surface area contributed by atoms with E-state index in [0.29, 0.717) is 4.91 Å². The van der Waals surface area contributed by atoms with Crippen LogP contribution in [-0.4, -0.2) is 15.7 Å². The molecule has 1 saturated heterocycles. The summed E-state index contributed by atoms with van der Waals surface area (Å²) in [7, 11) is 1.88. The lowest BCUT2D eigenvalue weighted by Gasteiger charge is -1.96. The molecule has 4 nitrogen and oxygen atoms in total. The van der Waals surface area contributed by atoms with Crippen LogP contribution in [0.1, 0.15) is 5.69 Å². The van der Waals surface area contributed by atoms with Gasteiger partial charge in [0.2, 0.25) is 0 Å². The molecule has 14 heavy (non-hydrogen) atoms. The van der Waals surface area contributed by atoms with Gasteiger partial charge in [-0.25, -0.2) is 0 Å². The SMILES string of the molecule is Cn1cccc1/C=C1\SC(=O)NC1=O. The van der Waals surface area contributed by atoms with Gasteiger partial charge < -0.3 is 4.57 Å². The van der Waals surface area contributed by atoms with Crippen molar-refractivity contribution in [3.8, 4) is 0 Å². The molecule has 72 valence electrons. The Morgan fingerprint density at radius 1 is 1.50 bits per heavy atom.